The molecular weight excluding hydrogens is 483 g/mol. The van der Waals surface area contributed by atoms with Gasteiger partial charge in [-0.15, -0.1) is 0 Å². The van der Waals surface area contributed by atoms with Crippen LogP contribution < -0.4 is 4.90 Å². The van der Waals surface area contributed by atoms with E-state index in [9.17, 15) is 0 Å². The summed E-state index contributed by atoms with van der Waals surface area (Å²) in [6.45, 7) is 37.4. The first-order valence-electron chi connectivity index (χ1n) is 13.3. The normalized spacial score (nSPS) is 35.5. The fourth-order valence-corrected chi connectivity index (χ4v) is 156. The van der Waals surface area contributed by atoms with E-state index in [0.717, 1.165) is 0 Å². The number of anilines is 1. The molecule has 180 valence electrons. The SMILES string of the molecule is C[Si]1(C)C2[Si](C)(C)[Si](C)(C)C(c3ccc(N4CCCCC4)cc3)([Si]1(C)C)[Si](C)(C)[Si]2(C)C. The molecule has 4 saturated heterocycles. The standard InChI is InChI=1S/C25H51NSi6/c1-27(2)24-28(3,4)31(9,10)25(30(27,7)8,32(11,12)29(24,5)6)22-16-18-23(19-17-22)26-20-14-13-15-21-26/h16-19,24H,13-15,20-21H2,1-12H3. The molecule has 5 rings (SSSR count). The zero-order valence-electron chi connectivity index (χ0n) is 23.4. The number of hydrogen-bond acceptors (Lipinski definition) is 1. The molecule has 1 aromatic carbocycles. The van der Waals surface area contributed by atoms with Crippen LogP contribution in [0.2, 0.25) is 83.4 Å². The highest BCUT2D eigenvalue weighted by Gasteiger charge is 2.87. The average Bonchev–Trinajstić information content (AvgIpc) is 2.66. The molecule has 0 aliphatic carbocycles. The van der Waals surface area contributed by atoms with Gasteiger partial charge in [-0.25, -0.2) is 0 Å². The first-order valence-corrected chi connectivity index (χ1v) is 34.5. The molecule has 4 fully saturated rings. The maximum absolute atomic E-state index is 2.92. The van der Waals surface area contributed by atoms with Gasteiger partial charge >= 0.3 is 0 Å². The van der Waals surface area contributed by atoms with Crippen molar-refractivity contribution in [3.05, 3.63) is 29.8 Å². The lowest BCUT2D eigenvalue weighted by atomic mass is 10.1. The zero-order valence-corrected chi connectivity index (χ0v) is 29.4. The topological polar surface area (TPSA) is 3.24 Å². The molecule has 0 atom stereocenters. The van der Waals surface area contributed by atoms with Crippen molar-refractivity contribution in [2.24, 2.45) is 0 Å². The van der Waals surface area contributed by atoms with E-state index in [4.69, 9.17) is 0 Å². The van der Waals surface area contributed by atoms with Gasteiger partial charge in [0.1, 0.15) is 0 Å². The summed E-state index contributed by atoms with van der Waals surface area (Å²) in [7, 11) is -8.41. The largest absolute Gasteiger partial charge is 0.372 e. The van der Waals surface area contributed by atoms with E-state index >= 15 is 0 Å². The third kappa shape index (κ3) is 2.59. The Morgan fingerprint density at radius 3 is 1.34 bits per heavy atom. The van der Waals surface area contributed by atoms with Gasteiger partial charge in [0.2, 0.25) is 0 Å². The van der Waals surface area contributed by atoms with E-state index in [2.05, 4.69) is 108 Å². The van der Waals surface area contributed by atoms with Crippen molar-refractivity contribution in [3.8, 4) is 0 Å². The van der Waals surface area contributed by atoms with Crippen LogP contribution in [-0.4, -0.2) is 58.6 Å². The summed E-state index contributed by atoms with van der Waals surface area (Å²) in [5, 5.41) is 0. The molecule has 2 bridgehead atoms. The van der Waals surface area contributed by atoms with Crippen LogP contribution in [0.3, 0.4) is 0 Å². The van der Waals surface area contributed by atoms with E-state index < -0.39 is 45.5 Å². The van der Waals surface area contributed by atoms with E-state index in [1.165, 1.54) is 42.8 Å². The summed E-state index contributed by atoms with van der Waals surface area (Å²) < 4.78 is 0.642. The number of rotatable bonds is 2. The Hall–Kier alpha value is 0.321. The minimum atomic E-state index is -1.48. The molecule has 4 aliphatic heterocycles. The predicted molar refractivity (Wildman–Crippen MR) is 163 cm³/mol. The van der Waals surface area contributed by atoms with Crippen molar-refractivity contribution in [2.75, 3.05) is 18.0 Å². The maximum Gasteiger partial charge on any atom is 0.0461 e. The van der Waals surface area contributed by atoms with Gasteiger partial charge in [0, 0.05) is 64.3 Å². The van der Waals surface area contributed by atoms with Crippen LogP contribution in [0.1, 0.15) is 24.8 Å². The van der Waals surface area contributed by atoms with E-state index in [0.29, 0.717) is 4.28 Å². The Balaban J connectivity index is 2.01. The summed E-state index contributed by atoms with van der Waals surface area (Å²) in [5.74, 6) is 0. The molecule has 4 aliphatic rings. The third-order valence-corrected chi connectivity index (χ3v) is 102. The van der Waals surface area contributed by atoms with Crippen LogP contribution >= 0.6 is 0 Å². The lowest BCUT2D eigenvalue weighted by Gasteiger charge is -2.85. The summed E-state index contributed by atoms with van der Waals surface area (Å²) in [4.78, 5) is 3.90. The molecule has 0 N–H and O–H groups in total. The second kappa shape index (κ2) is 7.18. The number of piperidine rings is 1. The molecule has 7 heteroatoms. The molecule has 0 radical (unpaired) electrons. The predicted octanol–water partition coefficient (Wildman–Crippen LogP) is 7.49. The summed E-state index contributed by atoms with van der Waals surface area (Å²) in [6, 6.07) is 10.5. The quantitative estimate of drug-likeness (QED) is 0.356. The Bertz CT molecular complexity index is 824. The van der Waals surface area contributed by atoms with Gasteiger partial charge < -0.3 is 4.90 Å². The Labute approximate surface area is 205 Å². The molecular formula is C25H51NSi6. The minimum Gasteiger partial charge on any atom is -0.372 e. The van der Waals surface area contributed by atoms with E-state index in [1.54, 1.807) is 0 Å². The molecule has 1 aromatic rings. The number of benzene rings is 1. The molecule has 1 nitrogen and oxygen atoms in total. The molecule has 0 saturated carbocycles. The Morgan fingerprint density at radius 2 is 0.969 bits per heavy atom. The van der Waals surface area contributed by atoms with E-state index in [1.807, 2.05) is 5.56 Å². The summed E-state index contributed by atoms with van der Waals surface area (Å²) >= 11 is 0. The highest BCUT2D eigenvalue weighted by atomic mass is 29.4. The van der Waals surface area contributed by atoms with Crippen molar-refractivity contribution in [1.82, 2.24) is 0 Å². The second-order valence-corrected chi connectivity index (χ2v) is 65.0. The lowest BCUT2D eigenvalue weighted by molar-refractivity contribution is 0.578. The monoisotopic (exact) mass is 533 g/mol. The second-order valence-electron chi connectivity index (χ2n) is 14.8. The van der Waals surface area contributed by atoms with Crippen LogP contribution in [0.25, 0.3) is 0 Å². The summed E-state index contributed by atoms with van der Waals surface area (Å²) in [5.41, 5.74) is 3.35. The highest BCUT2D eigenvalue weighted by molar-refractivity contribution is 7.76. The van der Waals surface area contributed by atoms with Crippen molar-refractivity contribution >= 4 is 51.2 Å². The molecule has 0 aromatic heterocycles. The molecule has 4 heterocycles. The molecule has 0 spiro atoms. The van der Waals surface area contributed by atoms with Crippen LogP contribution in [0.4, 0.5) is 5.69 Å². The van der Waals surface area contributed by atoms with Crippen molar-refractivity contribution in [3.63, 3.8) is 0 Å². The lowest BCUT2D eigenvalue weighted by Crippen LogP contribution is -3.04. The van der Waals surface area contributed by atoms with Gasteiger partial charge in [-0.05, 0) is 35.7 Å². The maximum atomic E-state index is 2.92. The van der Waals surface area contributed by atoms with Gasteiger partial charge in [-0.2, -0.15) is 0 Å². The Kier molecular flexibility index (Phi) is 5.70. The first kappa shape index (κ1) is 25.4. The molecule has 32 heavy (non-hydrogen) atoms. The minimum absolute atomic E-state index is 0.642. The van der Waals surface area contributed by atoms with Crippen molar-refractivity contribution < 1.29 is 0 Å². The fraction of sp³-hybridized carbons (Fsp3) is 0.760. The summed E-state index contributed by atoms with van der Waals surface area (Å²) in [6.07, 6.45) is 4.15. The third-order valence-electron chi connectivity index (χ3n) is 12.8. The van der Waals surface area contributed by atoms with Crippen LogP contribution in [-0.2, 0) is 4.28 Å². The van der Waals surface area contributed by atoms with E-state index in [-0.39, 0.29) is 0 Å². The van der Waals surface area contributed by atoms with Crippen molar-refractivity contribution in [1.29, 1.82) is 0 Å². The van der Waals surface area contributed by atoms with Gasteiger partial charge in [0.15, 0.2) is 0 Å². The van der Waals surface area contributed by atoms with Crippen LogP contribution in [0.15, 0.2) is 24.3 Å². The van der Waals surface area contributed by atoms with Gasteiger partial charge in [-0.1, -0.05) is 101 Å². The average molecular weight is 534 g/mol. The van der Waals surface area contributed by atoms with Gasteiger partial charge in [-0.3, -0.25) is 0 Å². The molecule has 0 amide bonds. The van der Waals surface area contributed by atoms with Gasteiger partial charge in [0.05, 0.1) is 0 Å². The number of nitrogens with zero attached hydrogens (tertiary/aromatic N) is 1. The smallest absolute Gasteiger partial charge is 0.0461 e. The number of fused-ring (bicyclic) bond motifs is 3. The van der Waals surface area contributed by atoms with Gasteiger partial charge in [0.25, 0.3) is 0 Å². The van der Waals surface area contributed by atoms with Crippen LogP contribution in [0.5, 0.6) is 0 Å². The van der Waals surface area contributed by atoms with Crippen molar-refractivity contribution in [2.45, 2.75) is 107 Å². The Morgan fingerprint density at radius 1 is 0.594 bits per heavy atom. The highest BCUT2D eigenvalue weighted by Crippen LogP contribution is 2.71. The zero-order chi connectivity index (χ0) is 24.2. The first-order chi connectivity index (χ1) is 14.4. The molecule has 0 unspecified atom stereocenters. The number of hydrogen-bond donors (Lipinski definition) is 0. The van der Waals surface area contributed by atoms with Crippen LogP contribution in [0, 0.1) is 0 Å². The fourth-order valence-electron chi connectivity index (χ4n) is 10.7.